The number of para-hydroxylation sites is 2. The molecule has 0 saturated carbocycles. The molecule has 2 atom stereocenters. The van der Waals surface area contributed by atoms with Gasteiger partial charge in [-0.2, -0.15) is 5.26 Å². The molecule has 2 aliphatic rings. The van der Waals surface area contributed by atoms with Gasteiger partial charge >= 0.3 is 0 Å². The summed E-state index contributed by atoms with van der Waals surface area (Å²) < 4.78 is 6.36. The van der Waals surface area contributed by atoms with Crippen molar-refractivity contribution in [1.29, 1.82) is 5.26 Å². The first-order chi connectivity index (χ1) is 19.8. The Morgan fingerprint density at radius 3 is 1.98 bits per heavy atom. The predicted molar refractivity (Wildman–Crippen MR) is 156 cm³/mol. The fraction of sp³-hybridized carbons (Fsp3) is 0.0588. The highest BCUT2D eigenvalue weighted by atomic mass is 16.5. The van der Waals surface area contributed by atoms with Gasteiger partial charge in [-0.05, 0) is 36.4 Å². The van der Waals surface area contributed by atoms with E-state index in [0.717, 1.165) is 33.8 Å². The van der Waals surface area contributed by atoms with E-state index in [0.29, 0.717) is 23.0 Å². The number of hydrogen-bond donors (Lipinski definition) is 0. The molecule has 2 heterocycles. The van der Waals surface area contributed by atoms with Gasteiger partial charge in [0.05, 0.1) is 29.0 Å². The zero-order chi connectivity index (χ0) is 26.9. The molecule has 1 aliphatic heterocycles. The molecule has 0 radical (unpaired) electrons. The Labute approximate surface area is 232 Å². The Morgan fingerprint density at radius 1 is 0.650 bits per heavy atom. The lowest BCUT2D eigenvalue weighted by atomic mass is 9.97. The largest absolute Gasteiger partial charge is 0.482 e. The van der Waals surface area contributed by atoms with Gasteiger partial charge in [-0.15, -0.1) is 0 Å². The lowest BCUT2D eigenvalue weighted by Crippen LogP contribution is -2.46. The smallest absolute Gasteiger partial charge is 0.166 e. The lowest BCUT2D eigenvalue weighted by Gasteiger charge is -2.42. The number of ether oxygens (including phenoxy) is 1. The molecule has 2 unspecified atom stereocenters. The monoisotopic (exact) mass is 517 g/mol. The molecule has 0 amide bonds. The maximum atomic E-state index is 9.86. The molecule has 6 nitrogen and oxygen atoms in total. The fourth-order valence-corrected chi connectivity index (χ4v) is 5.19. The zero-order valence-electron chi connectivity index (χ0n) is 21.4. The molecule has 7 rings (SSSR count). The van der Waals surface area contributed by atoms with Gasteiger partial charge in [-0.25, -0.2) is 15.0 Å². The van der Waals surface area contributed by atoms with Crippen molar-refractivity contribution in [3.63, 3.8) is 0 Å². The van der Waals surface area contributed by atoms with E-state index in [9.17, 15) is 5.26 Å². The normalized spacial score (nSPS) is 16.9. The number of benzene rings is 4. The van der Waals surface area contributed by atoms with Crippen molar-refractivity contribution in [1.82, 2.24) is 15.0 Å². The van der Waals surface area contributed by atoms with E-state index in [1.54, 1.807) is 0 Å². The topological polar surface area (TPSA) is 74.9 Å². The summed E-state index contributed by atoms with van der Waals surface area (Å²) in [5, 5.41) is 9.86. The number of nitrogens with zero attached hydrogens (tertiary/aromatic N) is 5. The minimum atomic E-state index is -0.165. The van der Waals surface area contributed by atoms with Gasteiger partial charge in [-0.3, -0.25) is 0 Å². The minimum Gasteiger partial charge on any atom is -0.482 e. The fourth-order valence-electron chi connectivity index (χ4n) is 5.19. The van der Waals surface area contributed by atoms with Crippen LogP contribution in [0.3, 0.4) is 0 Å². The summed E-state index contributed by atoms with van der Waals surface area (Å²) in [6.45, 7) is 0. The first kappa shape index (κ1) is 23.6. The van der Waals surface area contributed by atoms with E-state index in [1.165, 1.54) is 0 Å². The highest BCUT2D eigenvalue weighted by Crippen LogP contribution is 2.45. The Kier molecular flexibility index (Phi) is 5.88. The highest BCUT2D eigenvalue weighted by Gasteiger charge is 2.36. The minimum absolute atomic E-state index is 0.0874. The van der Waals surface area contributed by atoms with E-state index in [1.807, 2.05) is 109 Å². The molecule has 0 spiro atoms. The Morgan fingerprint density at radius 2 is 1.27 bits per heavy atom. The maximum absolute atomic E-state index is 9.86. The number of fused-ring (bicyclic) bond motifs is 2. The molecule has 0 saturated heterocycles. The Bertz CT molecular complexity index is 1750. The standard InChI is InChI=1S/C34H23N5O/c35-22-23-19-20-27(39-28-15-7-9-17-30(28)40-31-18-10-8-16-29(31)39)26(21-23)34-37-32(24-11-3-1-4-12-24)36-33(38-34)25-13-5-2-6-14-25/h1-21,28,30H. The third kappa shape index (κ3) is 4.20. The SMILES string of the molecule is N#Cc1ccc(N2c3ccccc3OC3C=CC=CC32)c(-c2nc(-c3ccccc3)nc(-c3ccccc3)n2)c1. The quantitative estimate of drug-likeness (QED) is 0.252. The number of nitriles is 1. The van der Waals surface area contributed by atoms with Crippen LogP contribution in [0.2, 0.25) is 0 Å². The van der Waals surface area contributed by atoms with Crippen LogP contribution in [0.25, 0.3) is 34.2 Å². The number of hydrogen-bond acceptors (Lipinski definition) is 6. The van der Waals surface area contributed by atoms with E-state index in [4.69, 9.17) is 19.7 Å². The molecule has 190 valence electrons. The van der Waals surface area contributed by atoms with Crippen molar-refractivity contribution < 1.29 is 4.74 Å². The summed E-state index contributed by atoms with van der Waals surface area (Å²) in [4.78, 5) is 17.0. The second kappa shape index (κ2) is 9.97. The molecule has 6 heteroatoms. The number of allylic oxidation sites excluding steroid dienone is 2. The van der Waals surface area contributed by atoms with Gasteiger partial charge in [0, 0.05) is 16.7 Å². The molecule has 0 fully saturated rings. The summed E-state index contributed by atoms with van der Waals surface area (Å²) in [6, 6.07) is 35.7. The molecule has 1 aromatic heterocycles. The van der Waals surface area contributed by atoms with Gasteiger partial charge in [-0.1, -0.05) is 91.0 Å². The molecule has 0 bridgehead atoms. The van der Waals surface area contributed by atoms with Crippen molar-refractivity contribution >= 4 is 11.4 Å². The van der Waals surface area contributed by atoms with E-state index in [2.05, 4.69) is 29.2 Å². The van der Waals surface area contributed by atoms with Crippen molar-refractivity contribution in [2.45, 2.75) is 12.1 Å². The van der Waals surface area contributed by atoms with Crippen molar-refractivity contribution in [2.24, 2.45) is 0 Å². The van der Waals surface area contributed by atoms with Gasteiger partial charge in [0.2, 0.25) is 0 Å². The van der Waals surface area contributed by atoms with Gasteiger partial charge in [0.15, 0.2) is 17.5 Å². The van der Waals surface area contributed by atoms with Crippen LogP contribution in [0.4, 0.5) is 11.4 Å². The molecular weight excluding hydrogens is 494 g/mol. The van der Waals surface area contributed by atoms with Gasteiger partial charge < -0.3 is 9.64 Å². The zero-order valence-corrected chi connectivity index (χ0v) is 21.4. The summed E-state index contributed by atoms with van der Waals surface area (Å²) in [5.74, 6) is 2.43. The third-order valence-electron chi connectivity index (χ3n) is 7.07. The van der Waals surface area contributed by atoms with Crippen LogP contribution in [-0.4, -0.2) is 27.1 Å². The van der Waals surface area contributed by atoms with Crippen LogP contribution in [-0.2, 0) is 0 Å². The van der Waals surface area contributed by atoms with Crippen molar-refractivity contribution in [3.05, 3.63) is 133 Å². The molecule has 0 N–H and O–H groups in total. The van der Waals surface area contributed by atoms with Crippen LogP contribution in [0.1, 0.15) is 5.56 Å². The number of aromatic nitrogens is 3. The summed E-state index contributed by atoms with van der Waals surface area (Å²) >= 11 is 0. The summed E-state index contributed by atoms with van der Waals surface area (Å²) in [5.41, 5.74) is 4.87. The highest BCUT2D eigenvalue weighted by molar-refractivity contribution is 5.85. The van der Waals surface area contributed by atoms with Crippen LogP contribution < -0.4 is 9.64 Å². The average Bonchev–Trinajstić information content (AvgIpc) is 3.04. The molecule has 4 aromatic carbocycles. The van der Waals surface area contributed by atoms with E-state index in [-0.39, 0.29) is 12.1 Å². The second-order valence-electron chi connectivity index (χ2n) is 9.56. The predicted octanol–water partition coefficient (Wildman–Crippen LogP) is 7.14. The lowest BCUT2D eigenvalue weighted by molar-refractivity contribution is 0.218. The Hall–Kier alpha value is -5.54. The van der Waals surface area contributed by atoms with Crippen LogP contribution in [0.5, 0.6) is 5.75 Å². The summed E-state index contributed by atoms with van der Waals surface area (Å²) in [7, 11) is 0. The number of anilines is 2. The van der Waals surface area contributed by atoms with Crippen LogP contribution in [0.15, 0.2) is 127 Å². The second-order valence-corrected chi connectivity index (χ2v) is 9.56. The average molecular weight is 518 g/mol. The van der Waals surface area contributed by atoms with Crippen LogP contribution in [0, 0.1) is 11.3 Å². The molecule has 5 aromatic rings. The number of rotatable bonds is 4. The van der Waals surface area contributed by atoms with Crippen molar-refractivity contribution in [3.8, 4) is 46.0 Å². The maximum Gasteiger partial charge on any atom is 0.166 e. The molecular formula is C34H23N5O. The summed E-state index contributed by atoms with van der Waals surface area (Å²) in [6.07, 6.45) is 8.10. The molecule has 40 heavy (non-hydrogen) atoms. The first-order valence-electron chi connectivity index (χ1n) is 13.1. The Balaban J connectivity index is 1.48. The van der Waals surface area contributed by atoms with Gasteiger partial charge in [0.1, 0.15) is 11.9 Å². The molecule has 1 aliphatic carbocycles. The van der Waals surface area contributed by atoms with Crippen LogP contribution >= 0.6 is 0 Å². The van der Waals surface area contributed by atoms with E-state index < -0.39 is 0 Å². The first-order valence-corrected chi connectivity index (χ1v) is 13.1. The van der Waals surface area contributed by atoms with Crippen molar-refractivity contribution in [2.75, 3.05) is 4.90 Å². The van der Waals surface area contributed by atoms with E-state index >= 15 is 0 Å². The third-order valence-corrected chi connectivity index (χ3v) is 7.07. The van der Waals surface area contributed by atoms with Gasteiger partial charge in [0.25, 0.3) is 0 Å².